The van der Waals surface area contributed by atoms with E-state index in [9.17, 15) is 4.79 Å². The molecule has 0 heterocycles. The molecule has 2 aromatic carbocycles. The van der Waals surface area contributed by atoms with Crippen molar-refractivity contribution in [3.05, 3.63) is 57.2 Å². The minimum atomic E-state index is 0.0251. The second-order valence-electron chi connectivity index (χ2n) is 5.28. The van der Waals surface area contributed by atoms with Crippen molar-refractivity contribution in [2.75, 3.05) is 11.9 Å². The molecule has 116 valence electrons. The molecule has 0 atom stereocenters. The first kappa shape index (κ1) is 16.8. The quantitative estimate of drug-likeness (QED) is 0.555. The third-order valence-electron chi connectivity index (χ3n) is 3.27. The number of amides is 1. The summed E-state index contributed by atoms with van der Waals surface area (Å²) in [6, 6.07) is 13.9. The Labute approximate surface area is 145 Å². The summed E-state index contributed by atoms with van der Waals surface area (Å²) in [6.45, 7) is 4.57. The zero-order valence-electron chi connectivity index (χ0n) is 12.9. The molecule has 0 bridgehead atoms. The summed E-state index contributed by atoms with van der Waals surface area (Å²) in [5, 5.41) is 2.95. The molecule has 2 rings (SSSR count). The van der Waals surface area contributed by atoms with Gasteiger partial charge in [0.1, 0.15) is 5.75 Å². The van der Waals surface area contributed by atoms with Crippen LogP contribution in [0.5, 0.6) is 5.75 Å². The Morgan fingerprint density at radius 2 is 2.00 bits per heavy atom. The van der Waals surface area contributed by atoms with Crippen molar-refractivity contribution in [1.29, 1.82) is 0 Å². The van der Waals surface area contributed by atoms with Gasteiger partial charge >= 0.3 is 0 Å². The van der Waals surface area contributed by atoms with Crippen molar-refractivity contribution in [2.24, 2.45) is 0 Å². The molecule has 0 radical (unpaired) electrons. The van der Waals surface area contributed by atoms with Crippen LogP contribution in [0.2, 0.25) is 0 Å². The van der Waals surface area contributed by atoms with Crippen molar-refractivity contribution in [3.63, 3.8) is 0 Å². The van der Waals surface area contributed by atoms with Gasteiger partial charge in [-0.15, -0.1) is 0 Å². The summed E-state index contributed by atoms with van der Waals surface area (Å²) < 4.78 is 6.81. The number of ether oxygens (including phenoxy) is 1. The van der Waals surface area contributed by atoms with Crippen molar-refractivity contribution in [1.82, 2.24) is 0 Å². The van der Waals surface area contributed by atoms with Gasteiger partial charge in [0.05, 0.1) is 6.61 Å². The number of benzene rings is 2. The summed E-state index contributed by atoms with van der Waals surface area (Å²) in [5.41, 5.74) is 3.13. The van der Waals surface area contributed by atoms with Crippen LogP contribution in [0.1, 0.15) is 24.0 Å². The molecule has 0 aliphatic carbocycles. The maximum atomic E-state index is 11.9. The number of rotatable bonds is 6. The predicted molar refractivity (Wildman–Crippen MR) is 98.4 cm³/mol. The van der Waals surface area contributed by atoms with Gasteiger partial charge in [-0.25, -0.2) is 0 Å². The monoisotopic (exact) mass is 409 g/mol. The number of carbonyl (C=O) groups excluding carboxylic acids is 1. The van der Waals surface area contributed by atoms with Crippen molar-refractivity contribution in [3.8, 4) is 5.75 Å². The normalized spacial score (nSPS) is 10.3. The lowest BCUT2D eigenvalue weighted by atomic mass is 10.2. The van der Waals surface area contributed by atoms with Gasteiger partial charge in [0.25, 0.3) is 0 Å². The fourth-order valence-corrected chi connectivity index (χ4v) is 2.75. The van der Waals surface area contributed by atoms with Gasteiger partial charge in [0.2, 0.25) is 5.91 Å². The van der Waals surface area contributed by atoms with Crippen LogP contribution >= 0.6 is 22.6 Å². The third-order valence-corrected chi connectivity index (χ3v) is 3.94. The van der Waals surface area contributed by atoms with Crippen molar-refractivity contribution in [2.45, 2.75) is 26.7 Å². The number of hydrogen-bond donors (Lipinski definition) is 1. The van der Waals surface area contributed by atoms with Gasteiger partial charge in [-0.05, 0) is 84.3 Å². The number of halogens is 1. The molecule has 0 saturated carbocycles. The molecule has 0 unspecified atom stereocenters. The summed E-state index contributed by atoms with van der Waals surface area (Å²) in [6.07, 6.45) is 1.15. The molecule has 0 saturated heterocycles. The van der Waals surface area contributed by atoms with Crippen LogP contribution in [0.25, 0.3) is 0 Å². The van der Waals surface area contributed by atoms with E-state index in [1.54, 1.807) is 0 Å². The van der Waals surface area contributed by atoms with Crippen LogP contribution in [-0.2, 0) is 4.79 Å². The molecular weight excluding hydrogens is 389 g/mol. The molecule has 3 nitrogen and oxygen atoms in total. The molecule has 0 aliphatic rings. The highest BCUT2D eigenvalue weighted by Gasteiger charge is 2.05. The standard InChI is InChI=1S/C18H20INO2/c1-13-5-3-6-16(11-13)22-10-4-7-18(21)20-17-9-8-15(19)12-14(17)2/h3,5-6,8-9,11-12H,4,7,10H2,1-2H3,(H,20,21). The maximum Gasteiger partial charge on any atom is 0.224 e. The predicted octanol–water partition coefficient (Wildman–Crippen LogP) is 4.71. The van der Waals surface area contributed by atoms with E-state index in [1.165, 1.54) is 9.13 Å². The van der Waals surface area contributed by atoms with Crippen molar-refractivity contribution < 1.29 is 9.53 Å². The minimum Gasteiger partial charge on any atom is -0.494 e. The highest BCUT2D eigenvalue weighted by molar-refractivity contribution is 14.1. The van der Waals surface area contributed by atoms with E-state index in [0.29, 0.717) is 19.4 Å². The molecule has 1 amide bonds. The number of nitrogens with one attached hydrogen (secondary N) is 1. The minimum absolute atomic E-state index is 0.0251. The molecule has 1 N–H and O–H groups in total. The Morgan fingerprint density at radius 3 is 2.73 bits per heavy atom. The van der Waals surface area contributed by atoms with Crippen LogP contribution in [0.4, 0.5) is 5.69 Å². The zero-order valence-corrected chi connectivity index (χ0v) is 15.0. The fourth-order valence-electron chi connectivity index (χ4n) is 2.11. The Kier molecular flexibility index (Phi) is 6.24. The second kappa shape index (κ2) is 8.17. The highest BCUT2D eigenvalue weighted by atomic mass is 127. The Bertz CT molecular complexity index is 655. The molecule has 0 fully saturated rings. The number of hydrogen-bond acceptors (Lipinski definition) is 2. The van der Waals surface area contributed by atoms with Gasteiger partial charge in [-0.2, -0.15) is 0 Å². The van der Waals surface area contributed by atoms with E-state index in [-0.39, 0.29) is 5.91 Å². The lowest BCUT2D eigenvalue weighted by Gasteiger charge is -2.09. The summed E-state index contributed by atoms with van der Waals surface area (Å²) in [5.74, 6) is 0.881. The summed E-state index contributed by atoms with van der Waals surface area (Å²) >= 11 is 2.26. The van der Waals surface area contributed by atoms with E-state index >= 15 is 0 Å². The molecule has 2 aromatic rings. The average Bonchev–Trinajstić information content (AvgIpc) is 2.47. The van der Waals surface area contributed by atoms with Crippen molar-refractivity contribution >= 4 is 34.2 Å². The Morgan fingerprint density at radius 1 is 1.18 bits per heavy atom. The van der Waals surface area contributed by atoms with Gasteiger partial charge < -0.3 is 10.1 Å². The zero-order chi connectivity index (χ0) is 15.9. The number of carbonyl (C=O) groups is 1. The van der Waals surface area contributed by atoms with E-state index < -0.39 is 0 Å². The first-order valence-corrected chi connectivity index (χ1v) is 8.38. The fraction of sp³-hybridized carbons (Fsp3) is 0.278. The van der Waals surface area contributed by atoms with Gasteiger partial charge in [-0.1, -0.05) is 12.1 Å². The second-order valence-corrected chi connectivity index (χ2v) is 6.52. The highest BCUT2D eigenvalue weighted by Crippen LogP contribution is 2.18. The lowest BCUT2D eigenvalue weighted by molar-refractivity contribution is -0.116. The molecule has 0 aromatic heterocycles. The summed E-state index contributed by atoms with van der Waals surface area (Å²) in [7, 11) is 0. The smallest absolute Gasteiger partial charge is 0.224 e. The lowest BCUT2D eigenvalue weighted by Crippen LogP contribution is -2.13. The average molecular weight is 409 g/mol. The molecule has 0 spiro atoms. The van der Waals surface area contributed by atoms with Crippen LogP contribution in [-0.4, -0.2) is 12.5 Å². The van der Waals surface area contributed by atoms with Crippen LogP contribution < -0.4 is 10.1 Å². The molecular formula is C18H20INO2. The van der Waals surface area contributed by atoms with E-state index in [2.05, 4.69) is 34.0 Å². The van der Waals surface area contributed by atoms with Gasteiger partial charge in [0.15, 0.2) is 0 Å². The van der Waals surface area contributed by atoms with Crippen LogP contribution in [0, 0.1) is 17.4 Å². The number of aryl methyl sites for hydroxylation is 2. The van der Waals surface area contributed by atoms with Crippen LogP contribution in [0.15, 0.2) is 42.5 Å². The van der Waals surface area contributed by atoms with E-state index in [0.717, 1.165) is 17.0 Å². The SMILES string of the molecule is Cc1cccc(OCCCC(=O)Nc2ccc(I)cc2C)c1. The maximum absolute atomic E-state index is 11.9. The van der Waals surface area contributed by atoms with Crippen LogP contribution in [0.3, 0.4) is 0 Å². The third kappa shape index (κ3) is 5.33. The molecule has 4 heteroatoms. The first-order chi connectivity index (χ1) is 10.5. The van der Waals surface area contributed by atoms with E-state index in [1.807, 2.05) is 50.2 Å². The van der Waals surface area contributed by atoms with E-state index in [4.69, 9.17) is 4.74 Å². The first-order valence-electron chi connectivity index (χ1n) is 7.30. The molecule has 22 heavy (non-hydrogen) atoms. The Balaban J connectivity index is 1.74. The van der Waals surface area contributed by atoms with Gasteiger partial charge in [0, 0.05) is 15.7 Å². The van der Waals surface area contributed by atoms with Gasteiger partial charge in [-0.3, -0.25) is 4.79 Å². The number of anilines is 1. The Hall–Kier alpha value is -1.56. The molecule has 0 aliphatic heterocycles. The largest absolute Gasteiger partial charge is 0.494 e. The summed E-state index contributed by atoms with van der Waals surface area (Å²) in [4.78, 5) is 11.9. The topological polar surface area (TPSA) is 38.3 Å².